The molecule has 3 heteroatoms. The maximum Gasteiger partial charge on any atom is 0.323 e. The minimum atomic E-state index is -0.0156. The summed E-state index contributed by atoms with van der Waals surface area (Å²) in [6.07, 6.45) is 3.55. The number of amides is 2. The summed E-state index contributed by atoms with van der Waals surface area (Å²) in [4.78, 5) is 14.1. The first-order valence-electron chi connectivity index (χ1n) is 3.16. The highest BCUT2D eigenvalue weighted by Crippen LogP contribution is 1.90. The molecular weight excluding hydrogens is 128 g/mol. The Labute approximate surface area is 61.9 Å². The number of carbonyl (C=O) groups excluding carboxylic acids is 1. The average molecular weight is 142 g/mol. The van der Waals surface area contributed by atoms with Crippen molar-refractivity contribution in [2.75, 3.05) is 21.1 Å². The van der Waals surface area contributed by atoms with Gasteiger partial charge in [-0.3, -0.25) is 0 Å². The van der Waals surface area contributed by atoms with Crippen LogP contribution >= 0.6 is 0 Å². The number of allylic oxidation sites excluding steroid dienone is 1. The Hall–Kier alpha value is -0.990. The smallest absolute Gasteiger partial charge is 0.323 e. The Morgan fingerprint density at radius 1 is 1.30 bits per heavy atom. The van der Waals surface area contributed by atoms with Gasteiger partial charge in [0.25, 0.3) is 0 Å². The molecule has 0 aromatic carbocycles. The first-order chi connectivity index (χ1) is 4.59. The molecule has 0 aliphatic carbocycles. The normalized spacial score (nSPS) is 10.0. The Kier molecular flexibility index (Phi) is 3.54. The molecule has 0 spiro atoms. The standard InChI is InChI=1S/C7H14N2O/c1-5-6-9(4)7(10)8(2)3/h5-6H,1-4H3/b6-5-. The number of nitrogens with zero attached hydrogens (tertiary/aromatic N) is 2. The number of hydrogen-bond donors (Lipinski definition) is 0. The Morgan fingerprint density at radius 2 is 1.80 bits per heavy atom. The van der Waals surface area contributed by atoms with Crippen molar-refractivity contribution >= 4 is 6.03 Å². The molecule has 0 radical (unpaired) electrons. The van der Waals surface area contributed by atoms with Crippen LogP contribution in [0.2, 0.25) is 0 Å². The third-order valence-electron chi connectivity index (χ3n) is 1.06. The molecule has 0 aromatic heterocycles. The van der Waals surface area contributed by atoms with Crippen molar-refractivity contribution in [3.05, 3.63) is 12.3 Å². The average Bonchev–Trinajstić information content (AvgIpc) is 1.87. The highest BCUT2D eigenvalue weighted by molar-refractivity contribution is 5.74. The van der Waals surface area contributed by atoms with E-state index in [1.165, 1.54) is 9.80 Å². The van der Waals surface area contributed by atoms with Gasteiger partial charge in [0, 0.05) is 27.3 Å². The molecule has 10 heavy (non-hydrogen) atoms. The SMILES string of the molecule is C/C=C\N(C)C(=O)N(C)C. The van der Waals surface area contributed by atoms with E-state index in [1.54, 1.807) is 27.3 Å². The number of rotatable bonds is 1. The van der Waals surface area contributed by atoms with Gasteiger partial charge in [0.05, 0.1) is 0 Å². The van der Waals surface area contributed by atoms with Gasteiger partial charge in [0.1, 0.15) is 0 Å². The van der Waals surface area contributed by atoms with E-state index < -0.39 is 0 Å². The monoisotopic (exact) mass is 142 g/mol. The summed E-state index contributed by atoms with van der Waals surface area (Å²) in [5, 5.41) is 0. The zero-order valence-corrected chi connectivity index (χ0v) is 6.96. The van der Waals surface area contributed by atoms with Crippen LogP contribution in [0, 0.1) is 0 Å². The zero-order chi connectivity index (χ0) is 8.15. The molecular formula is C7H14N2O. The number of urea groups is 1. The van der Waals surface area contributed by atoms with Crippen molar-refractivity contribution in [2.45, 2.75) is 6.92 Å². The molecule has 3 nitrogen and oxygen atoms in total. The molecule has 0 atom stereocenters. The second-order valence-electron chi connectivity index (χ2n) is 2.27. The van der Waals surface area contributed by atoms with Crippen molar-refractivity contribution in [2.24, 2.45) is 0 Å². The van der Waals surface area contributed by atoms with E-state index in [0.29, 0.717) is 0 Å². The van der Waals surface area contributed by atoms with Gasteiger partial charge < -0.3 is 9.80 Å². The summed E-state index contributed by atoms with van der Waals surface area (Å²) in [5.74, 6) is 0. The van der Waals surface area contributed by atoms with Crippen molar-refractivity contribution < 1.29 is 4.79 Å². The van der Waals surface area contributed by atoms with E-state index in [-0.39, 0.29) is 6.03 Å². The second-order valence-corrected chi connectivity index (χ2v) is 2.27. The lowest BCUT2D eigenvalue weighted by molar-refractivity contribution is 0.196. The lowest BCUT2D eigenvalue weighted by atomic mass is 10.6. The first-order valence-corrected chi connectivity index (χ1v) is 3.16. The molecule has 0 N–H and O–H groups in total. The van der Waals surface area contributed by atoms with Crippen molar-refractivity contribution in [3.63, 3.8) is 0 Å². The van der Waals surface area contributed by atoms with Crippen molar-refractivity contribution in [1.82, 2.24) is 9.80 Å². The van der Waals surface area contributed by atoms with Gasteiger partial charge in [0.2, 0.25) is 0 Å². The van der Waals surface area contributed by atoms with E-state index in [1.807, 2.05) is 13.0 Å². The van der Waals surface area contributed by atoms with Gasteiger partial charge in [-0.25, -0.2) is 4.79 Å². The zero-order valence-electron chi connectivity index (χ0n) is 6.96. The van der Waals surface area contributed by atoms with Crippen LogP contribution in [0.1, 0.15) is 6.92 Å². The number of carbonyl (C=O) groups is 1. The molecule has 0 rings (SSSR count). The van der Waals surface area contributed by atoms with Crippen LogP contribution in [0.5, 0.6) is 0 Å². The van der Waals surface area contributed by atoms with E-state index in [0.717, 1.165) is 0 Å². The van der Waals surface area contributed by atoms with Crippen LogP contribution in [-0.2, 0) is 0 Å². The van der Waals surface area contributed by atoms with Crippen LogP contribution in [-0.4, -0.2) is 37.0 Å². The van der Waals surface area contributed by atoms with E-state index >= 15 is 0 Å². The molecule has 0 saturated carbocycles. The van der Waals surface area contributed by atoms with E-state index in [4.69, 9.17) is 0 Å². The fraction of sp³-hybridized carbons (Fsp3) is 0.571. The van der Waals surface area contributed by atoms with Gasteiger partial charge in [-0.15, -0.1) is 0 Å². The lowest BCUT2D eigenvalue weighted by Crippen LogP contribution is -2.32. The van der Waals surface area contributed by atoms with Crippen molar-refractivity contribution in [1.29, 1.82) is 0 Å². The molecule has 0 bridgehead atoms. The molecule has 0 aromatic rings. The van der Waals surface area contributed by atoms with Crippen LogP contribution in [0.25, 0.3) is 0 Å². The summed E-state index contributed by atoms with van der Waals surface area (Å²) >= 11 is 0. The molecule has 58 valence electrons. The fourth-order valence-corrected chi connectivity index (χ4v) is 0.603. The first kappa shape index (κ1) is 9.01. The summed E-state index contributed by atoms with van der Waals surface area (Å²) in [6.45, 7) is 1.87. The molecule has 0 aliphatic heterocycles. The summed E-state index contributed by atoms with van der Waals surface area (Å²) < 4.78 is 0. The van der Waals surface area contributed by atoms with Gasteiger partial charge in [-0.1, -0.05) is 6.08 Å². The molecule has 0 saturated heterocycles. The largest absolute Gasteiger partial charge is 0.330 e. The topological polar surface area (TPSA) is 23.6 Å². The van der Waals surface area contributed by atoms with E-state index in [2.05, 4.69) is 0 Å². The molecule has 0 aliphatic rings. The molecule has 0 heterocycles. The van der Waals surface area contributed by atoms with Crippen LogP contribution in [0.3, 0.4) is 0 Å². The third kappa shape index (κ3) is 2.53. The van der Waals surface area contributed by atoms with Gasteiger partial charge in [-0.05, 0) is 6.92 Å². The Bertz CT molecular complexity index is 141. The van der Waals surface area contributed by atoms with Crippen LogP contribution in [0.15, 0.2) is 12.3 Å². The predicted octanol–water partition coefficient (Wildman–Crippen LogP) is 1.13. The minimum absolute atomic E-state index is 0.0156. The summed E-state index contributed by atoms with van der Waals surface area (Å²) in [6, 6.07) is -0.0156. The van der Waals surface area contributed by atoms with Gasteiger partial charge in [-0.2, -0.15) is 0 Å². The molecule has 0 fully saturated rings. The highest BCUT2D eigenvalue weighted by Gasteiger charge is 2.05. The Balaban J connectivity index is 3.95. The fourth-order valence-electron chi connectivity index (χ4n) is 0.603. The summed E-state index contributed by atoms with van der Waals surface area (Å²) in [5.41, 5.74) is 0. The van der Waals surface area contributed by atoms with Crippen molar-refractivity contribution in [3.8, 4) is 0 Å². The van der Waals surface area contributed by atoms with Gasteiger partial charge in [0.15, 0.2) is 0 Å². The highest BCUT2D eigenvalue weighted by atomic mass is 16.2. The third-order valence-corrected chi connectivity index (χ3v) is 1.06. The molecule has 0 unspecified atom stereocenters. The van der Waals surface area contributed by atoms with E-state index in [9.17, 15) is 4.79 Å². The predicted molar refractivity (Wildman–Crippen MR) is 41.7 cm³/mol. The quantitative estimate of drug-likeness (QED) is 0.538. The minimum Gasteiger partial charge on any atom is -0.330 e. The second kappa shape index (κ2) is 3.93. The number of hydrogen-bond acceptors (Lipinski definition) is 1. The lowest BCUT2D eigenvalue weighted by Gasteiger charge is -2.17. The summed E-state index contributed by atoms with van der Waals surface area (Å²) in [7, 11) is 5.17. The molecule has 2 amide bonds. The Morgan fingerprint density at radius 3 is 2.10 bits per heavy atom. The van der Waals surface area contributed by atoms with Crippen LogP contribution < -0.4 is 0 Å². The maximum absolute atomic E-state index is 11.0. The van der Waals surface area contributed by atoms with Gasteiger partial charge >= 0.3 is 6.03 Å². The maximum atomic E-state index is 11.0. The van der Waals surface area contributed by atoms with Crippen LogP contribution in [0.4, 0.5) is 4.79 Å².